The van der Waals surface area contributed by atoms with Crippen molar-refractivity contribution >= 4 is 5.97 Å². The molecule has 2 heterocycles. The lowest BCUT2D eigenvalue weighted by Gasteiger charge is -2.19. The molecule has 2 rings (SSSR count). The molecule has 0 bridgehead atoms. The normalized spacial score (nSPS) is 20.3. The highest BCUT2D eigenvalue weighted by atomic mass is 16.5. The molecule has 0 aromatic carbocycles. The van der Waals surface area contributed by atoms with Gasteiger partial charge in [-0.2, -0.15) is 0 Å². The molecule has 5 nitrogen and oxygen atoms in total. The number of hydrogen-bond donors (Lipinski definition) is 1. The van der Waals surface area contributed by atoms with Crippen LogP contribution in [0.5, 0.6) is 0 Å². The SMILES string of the molecule is COC(=O)c1cn2c(n1)C(N)CCC2. The number of fused-ring (bicyclic) bond motifs is 1. The van der Waals surface area contributed by atoms with Crippen LogP contribution in [0.15, 0.2) is 6.20 Å². The van der Waals surface area contributed by atoms with Crippen molar-refractivity contribution in [2.24, 2.45) is 5.73 Å². The maximum Gasteiger partial charge on any atom is 0.358 e. The van der Waals surface area contributed by atoms with Crippen LogP contribution in [0.25, 0.3) is 0 Å². The van der Waals surface area contributed by atoms with E-state index < -0.39 is 5.97 Å². The number of carbonyl (C=O) groups is 1. The van der Waals surface area contributed by atoms with Gasteiger partial charge >= 0.3 is 5.97 Å². The highest BCUT2D eigenvalue weighted by molar-refractivity contribution is 5.86. The fourth-order valence-corrected chi connectivity index (χ4v) is 1.72. The number of hydrogen-bond acceptors (Lipinski definition) is 4. The summed E-state index contributed by atoms with van der Waals surface area (Å²) in [7, 11) is 1.35. The van der Waals surface area contributed by atoms with Crippen LogP contribution < -0.4 is 5.73 Å². The molecule has 2 N–H and O–H groups in total. The van der Waals surface area contributed by atoms with Gasteiger partial charge in [-0.1, -0.05) is 0 Å². The number of carbonyl (C=O) groups excluding carboxylic acids is 1. The zero-order valence-corrected chi connectivity index (χ0v) is 8.06. The number of aryl methyl sites for hydroxylation is 1. The molecule has 0 spiro atoms. The highest BCUT2D eigenvalue weighted by Crippen LogP contribution is 2.22. The monoisotopic (exact) mass is 195 g/mol. The van der Waals surface area contributed by atoms with E-state index in [4.69, 9.17) is 5.73 Å². The second-order valence-electron chi connectivity index (χ2n) is 3.42. The van der Waals surface area contributed by atoms with Crippen molar-refractivity contribution in [3.63, 3.8) is 0 Å². The second kappa shape index (κ2) is 3.42. The second-order valence-corrected chi connectivity index (χ2v) is 3.42. The molecule has 1 aliphatic rings. The summed E-state index contributed by atoms with van der Waals surface area (Å²) < 4.78 is 6.52. The molecule has 0 saturated carbocycles. The third kappa shape index (κ3) is 1.39. The first kappa shape index (κ1) is 9.21. The summed E-state index contributed by atoms with van der Waals surface area (Å²) in [4.78, 5) is 15.4. The molecule has 1 atom stereocenters. The van der Waals surface area contributed by atoms with E-state index in [1.165, 1.54) is 7.11 Å². The summed E-state index contributed by atoms with van der Waals surface area (Å²) in [6.07, 6.45) is 3.67. The summed E-state index contributed by atoms with van der Waals surface area (Å²) in [6, 6.07) is -0.0536. The predicted molar refractivity (Wildman–Crippen MR) is 49.7 cm³/mol. The average molecular weight is 195 g/mol. The van der Waals surface area contributed by atoms with Gasteiger partial charge in [-0.25, -0.2) is 9.78 Å². The smallest absolute Gasteiger partial charge is 0.358 e. The standard InChI is InChI=1S/C9H13N3O2/c1-14-9(13)7-5-12-4-2-3-6(10)8(12)11-7/h5-6H,2-4,10H2,1H3. The molecule has 1 aliphatic heterocycles. The van der Waals surface area contributed by atoms with E-state index in [0.717, 1.165) is 25.2 Å². The van der Waals surface area contributed by atoms with Crippen molar-refractivity contribution in [2.45, 2.75) is 25.4 Å². The molecule has 1 aromatic rings. The van der Waals surface area contributed by atoms with Crippen LogP contribution >= 0.6 is 0 Å². The Balaban J connectivity index is 2.35. The van der Waals surface area contributed by atoms with Gasteiger partial charge in [0.1, 0.15) is 5.82 Å². The van der Waals surface area contributed by atoms with Crippen LogP contribution in [0.1, 0.15) is 35.2 Å². The Hall–Kier alpha value is -1.36. The van der Waals surface area contributed by atoms with E-state index in [2.05, 4.69) is 9.72 Å². The van der Waals surface area contributed by atoms with Crippen LogP contribution in [-0.4, -0.2) is 22.6 Å². The van der Waals surface area contributed by atoms with E-state index in [1.807, 2.05) is 4.57 Å². The van der Waals surface area contributed by atoms with Gasteiger partial charge in [0.2, 0.25) is 0 Å². The number of rotatable bonds is 1. The molecule has 14 heavy (non-hydrogen) atoms. The molecule has 0 aliphatic carbocycles. The third-order valence-electron chi connectivity index (χ3n) is 2.45. The minimum absolute atomic E-state index is 0.0536. The zero-order valence-electron chi connectivity index (χ0n) is 8.06. The number of imidazole rings is 1. The Morgan fingerprint density at radius 1 is 1.79 bits per heavy atom. The lowest BCUT2D eigenvalue weighted by Crippen LogP contribution is -2.21. The van der Waals surface area contributed by atoms with E-state index >= 15 is 0 Å². The average Bonchev–Trinajstić information content (AvgIpc) is 2.62. The van der Waals surface area contributed by atoms with Gasteiger partial charge in [0, 0.05) is 12.7 Å². The van der Waals surface area contributed by atoms with E-state index in [-0.39, 0.29) is 6.04 Å². The molecule has 5 heteroatoms. The summed E-state index contributed by atoms with van der Waals surface area (Å²) in [6.45, 7) is 0.882. The van der Waals surface area contributed by atoms with E-state index in [1.54, 1.807) is 6.20 Å². The number of esters is 1. The molecule has 1 aromatic heterocycles. The van der Waals surface area contributed by atoms with Gasteiger partial charge in [-0.15, -0.1) is 0 Å². The van der Waals surface area contributed by atoms with E-state index in [0.29, 0.717) is 5.69 Å². The van der Waals surface area contributed by atoms with Crippen molar-refractivity contribution in [1.82, 2.24) is 9.55 Å². The van der Waals surface area contributed by atoms with Crippen molar-refractivity contribution in [1.29, 1.82) is 0 Å². The first-order valence-corrected chi connectivity index (χ1v) is 4.63. The predicted octanol–water partition coefficient (Wildman–Crippen LogP) is 0.463. The number of aromatic nitrogens is 2. The fraction of sp³-hybridized carbons (Fsp3) is 0.556. The van der Waals surface area contributed by atoms with Crippen LogP contribution in [-0.2, 0) is 11.3 Å². The maximum atomic E-state index is 11.2. The fourth-order valence-electron chi connectivity index (χ4n) is 1.72. The van der Waals surface area contributed by atoms with Crippen LogP contribution in [0.4, 0.5) is 0 Å². The van der Waals surface area contributed by atoms with Crippen LogP contribution in [0.2, 0.25) is 0 Å². The first-order valence-electron chi connectivity index (χ1n) is 4.63. The third-order valence-corrected chi connectivity index (χ3v) is 2.45. The molecule has 0 saturated heterocycles. The van der Waals surface area contributed by atoms with Gasteiger partial charge < -0.3 is 15.0 Å². The lowest BCUT2D eigenvalue weighted by atomic mass is 10.1. The maximum absolute atomic E-state index is 11.2. The molecule has 0 radical (unpaired) electrons. The van der Waals surface area contributed by atoms with Gasteiger partial charge in [0.25, 0.3) is 0 Å². The number of ether oxygens (including phenoxy) is 1. The van der Waals surface area contributed by atoms with Gasteiger partial charge in [-0.3, -0.25) is 0 Å². The summed E-state index contributed by atoms with van der Waals surface area (Å²) >= 11 is 0. The quantitative estimate of drug-likeness (QED) is 0.661. The Bertz CT molecular complexity index is 359. The first-order chi connectivity index (χ1) is 6.72. The van der Waals surface area contributed by atoms with Gasteiger partial charge in [-0.05, 0) is 12.8 Å². The van der Waals surface area contributed by atoms with Crippen molar-refractivity contribution < 1.29 is 9.53 Å². The number of methoxy groups -OCH3 is 1. The van der Waals surface area contributed by atoms with Gasteiger partial charge in [0.15, 0.2) is 5.69 Å². The van der Waals surface area contributed by atoms with Crippen molar-refractivity contribution in [3.05, 3.63) is 17.7 Å². The lowest BCUT2D eigenvalue weighted by molar-refractivity contribution is 0.0594. The molecular weight excluding hydrogens is 182 g/mol. The van der Waals surface area contributed by atoms with Crippen molar-refractivity contribution in [2.75, 3.05) is 7.11 Å². The largest absolute Gasteiger partial charge is 0.464 e. The summed E-state index contributed by atoms with van der Waals surface area (Å²) in [5, 5.41) is 0. The molecule has 76 valence electrons. The Morgan fingerprint density at radius 3 is 3.21 bits per heavy atom. The molecule has 0 fully saturated rings. The zero-order chi connectivity index (χ0) is 10.1. The number of nitrogens with two attached hydrogens (primary N) is 1. The van der Waals surface area contributed by atoms with E-state index in [9.17, 15) is 4.79 Å². The molecule has 0 amide bonds. The van der Waals surface area contributed by atoms with Crippen molar-refractivity contribution in [3.8, 4) is 0 Å². The van der Waals surface area contributed by atoms with Crippen LogP contribution in [0, 0.1) is 0 Å². The Morgan fingerprint density at radius 2 is 2.57 bits per heavy atom. The summed E-state index contributed by atoms with van der Waals surface area (Å²) in [5.74, 6) is 0.385. The molecular formula is C9H13N3O2. The Kier molecular flexibility index (Phi) is 2.25. The minimum atomic E-state index is -0.404. The molecule has 1 unspecified atom stereocenters. The van der Waals surface area contributed by atoms with Gasteiger partial charge in [0.05, 0.1) is 13.2 Å². The summed E-state index contributed by atoms with van der Waals surface area (Å²) in [5.41, 5.74) is 6.21. The topological polar surface area (TPSA) is 70.1 Å². The Labute approximate surface area is 81.9 Å². The number of nitrogens with zero attached hydrogens (tertiary/aromatic N) is 2. The minimum Gasteiger partial charge on any atom is -0.464 e. The van der Waals surface area contributed by atoms with Crippen LogP contribution in [0.3, 0.4) is 0 Å². The highest BCUT2D eigenvalue weighted by Gasteiger charge is 2.22.